The molecule has 1 aliphatic heterocycles. The molecule has 0 unspecified atom stereocenters. The predicted octanol–water partition coefficient (Wildman–Crippen LogP) is 3.08. The lowest BCUT2D eigenvalue weighted by molar-refractivity contribution is -0.717. The van der Waals surface area contributed by atoms with Crippen LogP contribution >= 0.6 is 0 Å². The van der Waals surface area contributed by atoms with Crippen LogP contribution in [0, 0.1) is 23.2 Å². The van der Waals surface area contributed by atoms with Gasteiger partial charge in [-0.1, -0.05) is 0 Å². The Balaban J connectivity index is 1.28. The van der Waals surface area contributed by atoms with Crippen molar-refractivity contribution >= 4 is 0 Å². The van der Waals surface area contributed by atoms with Crippen LogP contribution in [0.1, 0.15) is 51.0 Å². The molecular weight excluding hydrogens is 286 g/mol. The second-order valence-corrected chi connectivity index (χ2v) is 8.70. The molecule has 0 radical (unpaired) electrons. The van der Waals surface area contributed by atoms with E-state index in [4.69, 9.17) is 9.47 Å². The van der Waals surface area contributed by atoms with Crippen molar-refractivity contribution in [1.82, 2.24) is 0 Å². The fraction of sp³-hybridized carbons (Fsp3) is 0.700. The van der Waals surface area contributed by atoms with E-state index in [2.05, 4.69) is 30.4 Å². The Labute approximate surface area is 138 Å². The van der Waals surface area contributed by atoms with Gasteiger partial charge in [0.1, 0.15) is 6.54 Å². The average Bonchev–Trinajstić information content (AvgIpc) is 2.99. The van der Waals surface area contributed by atoms with Gasteiger partial charge in [0, 0.05) is 11.0 Å². The molecule has 1 heterocycles. The highest BCUT2D eigenvalue weighted by molar-refractivity contribution is 5.44. The Morgan fingerprint density at radius 2 is 1.70 bits per heavy atom. The third-order valence-corrected chi connectivity index (χ3v) is 7.20. The van der Waals surface area contributed by atoms with Gasteiger partial charge in [0.15, 0.2) is 11.5 Å². The van der Waals surface area contributed by atoms with Crippen LogP contribution in [-0.4, -0.2) is 12.8 Å². The maximum Gasteiger partial charge on any atom is 0.231 e. The lowest BCUT2D eigenvalue weighted by Gasteiger charge is -2.57. The molecule has 4 fully saturated rings. The van der Waals surface area contributed by atoms with Gasteiger partial charge >= 0.3 is 0 Å². The lowest BCUT2D eigenvalue weighted by Crippen LogP contribution is -2.91. The molecule has 0 amide bonds. The Morgan fingerprint density at radius 3 is 2.39 bits per heavy atom. The first-order chi connectivity index (χ1) is 11.2. The number of hydrogen-bond acceptors (Lipinski definition) is 2. The Morgan fingerprint density at radius 1 is 1.04 bits per heavy atom. The van der Waals surface area contributed by atoms with Crippen molar-refractivity contribution in [2.75, 3.05) is 6.79 Å². The highest BCUT2D eigenvalue weighted by atomic mass is 16.7. The van der Waals surface area contributed by atoms with Gasteiger partial charge in [-0.2, -0.15) is 0 Å². The minimum atomic E-state index is 0.367. The quantitative estimate of drug-likeness (QED) is 0.927. The molecule has 0 saturated heterocycles. The van der Waals surface area contributed by atoms with E-state index in [1.165, 1.54) is 44.1 Å². The number of ether oxygens (including phenoxy) is 2. The number of hydrogen-bond donors (Lipinski definition) is 1. The van der Waals surface area contributed by atoms with Crippen LogP contribution in [0.4, 0.5) is 0 Å². The SMILES string of the molecule is C[C@@H]([NH2+]Cc1ccc2c(c1)OCO2)C12CC3CC(CC(C3)C1)C2. The van der Waals surface area contributed by atoms with Crippen LogP contribution in [0.25, 0.3) is 0 Å². The molecule has 0 spiro atoms. The third-order valence-electron chi connectivity index (χ3n) is 7.20. The van der Waals surface area contributed by atoms with Crippen LogP contribution in [0.5, 0.6) is 11.5 Å². The normalized spacial score (nSPS) is 38.0. The fourth-order valence-electron chi connectivity index (χ4n) is 6.37. The van der Waals surface area contributed by atoms with E-state index in [1.807, 2.05) is 0 Å². The van der Waals surface area contributed by atoms with E-state index in [-0.39, 0.29) is 0 Å². The van der Waals surface area contributed by atoms with Gasteiger partial charge in [-0.15, -0.1) is 0 Å². The molecule has 124 valence electrons. The molecule has 2 N–H and O–H groups in total. The first-order valence-corrected chi connectivity index (χ1v) is 9.42. The van der Waals surface area contributed by atoms with Crippen molar-refractivity contribution in [2.45, 2.75) is 58.0 Å². The molecular formula is C20H28NO2+. The molecule has 6 rings (SSSR count). The molecule has 1 aromatic rings. The minimum Gasteiger partial charge on any atom is -0.454 e. The van der Waals surface area contributed by atoms with Gasteiger partial charge in [0.2, 0.25) is 6.79 Å². The summed E-state index contributed by atoms with van der Waals surface area (Å²) in [4.78, 5) is 0. The van der Waals surface area contributed by atoms with E-state index in [9.17, 15) is 0 Å². The van der Waals surface area contributed by atoms with E-state index in [0.717, 1.165) is 41.8 Å². The van der Waals surface area contributed by atoms with Crippen molar-refractivity contribution in [3.8, 4) is 11.5 Å². The van der Waals surface area contributed by atoms with Crippen LogP contribution in [0.15, 0.2) is 18.2 Å². The molecule has 4 bridgehead atoms. The van der Waals surface area contributed by atoms with Crippen molar-refractivity contribution in [3.05, 3.63) is 23.8 Å². The number of rotatable bonds is 4. The summed E-state index contributed by atoms with van der Waals surface area (Å²) >= 11 is 0. The zero-order valence-corrected chi connectivity index (χ0v) is 14.1. The fourth-order valence-corrected chi connectivity index (χ4v) is 6.37. The first kappa shape index (κ1) is 14.2. The topological polar surface area (TPSA) is 35.1 Å². The molecule has 4 saturated carbocycles. The second-order valence-electron chi connectivity index (χ2n) is 8.70. The average molecular weight is 314 g/mol. The smallest absolute Gasteiger partial charge is 0.231 e. The van der Waals surface area contributed by atoms with Gasteiger partial charge in [0.25, 0.3) is 0 Å². The third kappa shape index (κ3) is 2.36. The largest absolute Gasteiger partial charge is 0.454 e. The summed E-state index contributed by atoms with van der Waals surface area (Å²) < 4.78 is 10.9. The molecule has 1 atom stereocenters. The van der Waals surface area contributed by atoms with Crippen molar-refractivity contribution in [3.63, 3.8) is 0 Å². The second kappa shape index (κ2) is 5.14. The van der Waals surface area contributed by atoms with E-state index in [0.29, 0.717) is 12.2 Å². The summed E-state index contributed by atoms with van der Waals surface area (Å²) in [5, 5.41) is 2.59. The predicted molar refractivity (Wildman–Crippen MR) is 88.3 cm³/mol. The lowest BCUT2D eigenvalue weighted by atomic mass is 9.48. The van der Waals surface area contributed by atoms with Crippen LogP contribution in [0.2, 0.25) is 0 Å². The zero-order chi connectivity index (χ0) is 15.4. The van der Waals surface area contributed by atoms with Crippen molar-refractivity contribution in [2.24, 2.45) is 23.2 Å². The maximum atomic E-state index is 5.51. The number of quaternary nitrogens is 1. The summed E-state index contributed by atoms with van der Waals surface area (Å²) in [6, 6.07) is 7.14. The van der Waals surface area contributed by atoms with Crippen LogP contribution in [0.3, 0.4) is 0 Å². The van der Waals surface area contributed by atoms with Gasteiger partial charge in [0.05, 0.1) is 6.04 Å². The van der Waals surface area contributed by atoms with Crippen LogP contribution < -0.4 is 14.8 Å². The van der Waals surface area contributed by atoms with E-state index in [1.54, 1.807) is 0 Å². The van der Waals surface area contributed by atoms with Crippen LogP contribution in [-0.2, 0) is 6.54 Å². The van der Waals surface area contributed by atoms with Gasteiger partial charge < -0.3 is 14.8 Å². The molecule has 3 heteroatoms. The van der Waals surface area contributed by atoms with E-state index >= 15 is 0 Å². The standard InChI is InChI=1S/C20H27NO2/c1-13(20-8-15-4-16(9-20)6-17(5-15)10-20)21-11-14-2-3-18-19(7-14)23-12-22-18/h2-3,7,13,15-17,21H,4-6,8-12H2,1H3/p+1/t13-,15?,16?,17?,20?/m1/s1. The molecule has 1 aromatic carbocycles. The summed E-state index contributed by atoms with van der Waals surface area (Å²) in [6.45, 7) is 3.91. The van der Waals surface area contributed by atoms with Gasteiger partial charge in [-0.3, -0.25) is 0 Å². The Bertz CT molecular complexity index is 576. The maximum absolute atomic E-state index is 5.51. The van der Waals surface area contributed by atoms with E-state index < -0.39 is 0 Å². The van der Waals surface area contributed by atoms with Gasteiger partial charge in [-0.25, -0.2) is 0 Å². The number of nitrogens with two attached hydrogens (primary N) is 1. The highest BCUT2D eigenvalue weighted by Gasteiger charge is 2.54. The molecule has 4 aliphatic carbocycles. The Kier molecular flexibility index (Phi) is 3.16. The van der Waals surface area contributed by atoms with Crippen molar-refractivity contribution in [1.29, 1.82) is 0 Å². The zero-order valence-electron chi connectivity index (χ0n) is 14.1. The monoisotopic (exact) mass is 314 g/mol. The molecule has 5 aliphatic rings. The molecule has 23 heavy (non-hydrogen) atoms. The number of fused-ring (bicyclic) bond motifs is 1. The van der Waals surface area contributed by atoms with Gasteiger partial charge in [-0.05, 0) is 81.4 Å². The van der Waals surface area contributed by atoms with Crippen molar-refractivity contribution < 1.29 is 14.8 Å². The highest BCUT2D eigenvalue weighted by Crippen LogP contribution is 2.60. The molecule has 3 nitrogen and oxygen atoms in total. The summed E-state index contributed by atoms with van der Waals surface area (Å²) in [5.74, 6) is 4.94. The summed E-state index contributed by atoms with van der Waals surface area (Å²) in [5.41, 5.74) is 1.98. The minimum absolute atomic E-state index is 0.367. The first-order valence-electron chi connectivity index (χ1n) is 9.42. The summed E-state index contributed by atoms with van der Waals surface area (Å²) in [7, 11) is 0. The Hall–Kier alpha value is -1.22. The number of benzene rings is 1. The molecule has 0 aromatic heterocycles. The summed E-state index contributed by atoms with van der Waals surface area (Å²) in [6.07, 6.45) is 9.10.